The van der Waals surface area contributed by atoms with Crippen LogP contribution in [0.2, 0.25) is 0 Å². The number of pyridine rings is 2. The number of amides is 1. The number of carbonyl (C=O) groups excluding carboxylic acids is 1. The van der Waals surface area contributed by atoms with Crippen molar-refractivity contribution in [3.63, 3.8) is 0 Å². The maximum absolute atomic E-state index is 15.0. The number of carbonyl (C=O) groups is 1. The Morgan fingerprint density at radius 3 is 2.83 bits per heavy atom. The number of nitrogens with zero attached hydrogens (tertiary/aromatic N) is 5. The number of aliphatic imine (C=N–C) groups is 1. The van der Waals surface area contributed by atoms with Gasteiger partial charge in [0.2, 0.25) is 11.9 Å². The number of aromatic nitrogens is 2. The molecule has 7 nitrogen and oxygen atoms in total. The molecule has 2 N–H and O–H groups in total. The van der Waals surface area contributed by atoms with E-state index < -0.39 is 28.2 Å². The molecule has 4 heterocycles. The largest absolute Gasteiger partial charge is 0.378 e. The maximum atomic E-state index is 15.0. The third-order valence-corrected chi connectivity index (χ3v) is 8.12. The predicted octanol–water partition coefficient (Wildman–Crippen LogP) is 3.56. The minimum Gasteiger partial charge on any atom is -0.378 e. The number of halogens is 3. The van der Waals surface area contributed by atoms with E-state index in [2.05, 4.69) is 15.0 Å². The van der Waals surface area contributed by atoms with Crippen molar-refractivity contribution in [3.05, 3.63) is 58.9 Å². The molecule has 0 spiro atoms. The number of thioether (sulfide) groups is 1. The molecule has 0 radical (unpaired) electrons. The summed E-state index contributed by atoms with van der Waals surface area (Å²) in [6, 6.07) is 6.17. The Balaban J connectivity index is 1.47. The number of nitriles is 1. The fourth-order valence-corrected chi connectivity index (χ4v) is 6.39. The highest BCUT2D eigenvalue weighted by atomic mass is 32.2. The highest BCUT2D eigenvalue weighted by molar-refractivity contribution is 8.15. The molecule has 0 bridgehead atoms. The Bertz CT molecular complexity index is 1310. The number of alkyl halides is 1. The molecule has 2 aromatic heterocycles. The van der Waals surface area contributed by atoms with Crippen LogP contribution in [0.5, 0.6) is 0 Å². The summed E-state index contributed by atoms with van der Waals surface area (Å²) in [5.41, 5.74) is 5.58. The van der Waals surface area contributed by atoms with E-state index in [9.17, 15) is 13.6 Å². The van der Waals surface area contributed by atoms with Gasteiger partial charge in [0.1, 0.15) is 22.8 Å². The molecule has 1 amide bonds. The lowest BCUT2D eigenvalue weighted by molar-refractivity contribution is -0.131. The number of hydrogen-bond acceptors (Lipinski definition) is 7. The van der Waals surface area contributed by atoms with Crippen molar-refractivity contribution in [1.29, 1.82) is 5.26 Å². The number of fused-ring (bicyclic) bond motifs is 1. The summed E-state index contributed by atoms with van der Waals surface area (Å²) < 4.78 is 42.6. The SMILES string of the molecule is C[C@]1(c2cc(C=C(F)c3ccc(C#N)cn3)cnc2F)N=C(N)S[C@@]2(C(=O)N3CC[C@H](F)C3)C[C@H]21. The smallest absolute Gasteiger partial charge is 0.239 e. The van der Waals surface area contributed by atoms with Crippen LogP contribution in [0.3, 0.4) is 0 Å². The van der Waals surface area contributed by atoms with Gasteiger partial charge in [0.05, 0.1) is 23.3 Å². The quantitative estimate of drug-likeness (QED) is 0.646. The van der Waals surface area contributed by atoms with Crippen molar-refractivity contribution >= 4 is 34.7 Å². The van der Waals surface area contributed by atoms with Crippen molar-refractivity contribution in [2.45, 2.75) is 36.2 Å². The van der Waals surface area contributed by atoms with Crippen LogP contribution in [0.1, 0.15) is 42.1 Å². The second kappa shape index (κ2) is 8.37. The first-order valence-electron chi connectivity index (χ1n) is 11.0. The molecule has 3 aliphatic rings. The van der Waals surface area contributed by atoms with Crippen LogP contribution < -0.4 is 5.73 Å². The first-order valence-corrected chi connectivity index (χ1v) is 11.9. The summed E-state index contributed by atoms with van der Waals surface area (Å²) >= 11 is 1.14. The van der Waals surface area contributed by atoms with Crippen molar-refractivity contribution in [1.82, 2.24) is 14.9 Å². The zero-order chi connectivity index (χ0) is 25.0. The molecule has 35 heavy (non-hydrogen) atoms. The molecule has 11 heteroatoms. The van der Waals surface area contributed by atoms with E-state index in [1.54, 1.807) is 6.92 Å². The topological polar surface area (TPSA) is 108 Å². The number of amidine groups is 1. The van der Waals surface area contributed by atoms with Crippen LogP contribution in [-0.2, 0) is 10.3 Å². The summed E-state index contributed by atoms with van der Waals surface area (Å²) in [6.45, 7) is 2.06. The molecule has 2 aliphatic heterocycles. The fourth-order valence-electron chi connectivity index (χ4n) is 4.94. The maximum Gasteiger partial charge on any atom is 0.239 e. The average molecular weight is 499 g/mol. The summed E-state index contributed by atoms with van der Waals surface area (Å²) in [4.78, 5) is 27.0. The predicted molar refractivity (Wildman–Crippen MR) is 126 cm³/mol. The van der Waals surface area contributed by atoms with E-state index in [0.717, 1.165) is 17.8 Å². The van der Waals surface area contributed by atoms with Crippen LogP contribution in [0.4, 0.5) is 13.2 Å². The monoisotopic (exact) mass is 498 g/mol. The van der Waals surface area contributed by atoms with Gasteiger partial charge in [0.25, 0.3) is 0 Å². The lowest BCUT2D eigenvalue weighted by Gasteiger charge is -2.34. The van der Waals surface area contributed by atoms with Crippen LogP contribution in [0, 0.1) is 23.2 Å². The van der Waals surface area contributed by atoms with Gasteiger partial charge in [-0.3, -0.25) is 14.8 Å². The number of nitrogens with two attached hydrogens (primary N) is 1. The molecular formula is C24H21F3N6OS. The van der Waals surface area contributed by atoms with Crippen molar-refractivity contribution in [2.75, 3.05) is 13.1 Å². The lowest BCUT2D eigenvalue weighted by Crippen LogP contribution is -2.45. The van der Waals surface area contributed by atoms with Crippen LogP contribution in [0.25, 0.3) is 11.9 Å². The Labute approximate surface area is 203 Å². The van der Waals surface area contributed by atoms with E-state index in [1.807, 2.05) is 6.07 Å². The molecule has 5 rings (SSSR count). The third-order valence-electron chi connectivity index (χ3n) is 6.83. The normalized spacial score (nSPS) is 29.9. The van der Waals surface area contributed by atoms with Gasteiger partial charge < -0.3 is 10.6 Å². The zero-order valence-electron chi connectivity index (χ0n) is 18.7. The fraction of sp³-hybridized carbons (Fsp3) is 0.375. The van der Waals surface area contributed by atoms with Gasteiger partial charge in [-0.2, -0.15) is 9.65 Å². The minimum absolute atomic E-state index is 0.0148. The second-order valence-electron chi connectivity index (χ2n) is 9.13. The molecule has 0 aromatic carbocycles. The van der Waals surface area contributed by atoms with E-state index >= 15 is 4.39 Å². The summed E-state index contributed by atoms with van der Waals surface area (Å²) in [5, 5.41) is 9.01. The zero-order valence-corrected chi connectivity index (χ0v) is 19.5. The number of likely N-dealkylation sites (tertiary alicyclic amines) is 1. The van der Waals surface area contributed by atoms with Gasteiger partial charge in [0, 0.05) is 30.4 Å². The molecule has 4 atom stereocenters. The van der Waals surface area contributed by atoms with Gasteiger partial charge in [-0.05, 0) is 49.6 Å². The standard InChI is InChI=1S/C24H21F3N6OS/c1-23(19-8-24(19,35-22(29)32-23)21(34)33-5-4-15(25)12-33)16-6-14(11-31-20(16)27)7-17(26)18-3-2-13(9-28)10-30-18/h2-3,6-7,10-11,15,19H,4-5,8,12H2,1H3,(H2,29,32)/t15-,19-,23+,24-/m0/s1. The first kappa shape index (κ1) is 23.4. The van der Waals surface area contributed by atoms with Gasteiger partial charge in [-0.1, -0.05) is 11.8 Å². The van der Waals surface area contributed by atoms with E-state index in [4.69, 9.17) is 11.0 Å². The highest BCUT2D eigenvalue weighted by Crippen LogP contribution is 2.66. The highest BCUT2D eigenvalue weighted by Gasteiger charge is 2.71. The third kappa shape index (κ3) is 3.95. The Hall–Kier alpha value is -3.39. The van der Waals surface area contributed by atoms with E-state index in [-0.39, 0.29) is 40.4 Å². The molecule has 2 fully saturated rings. The van der Waals surface area contributed by atoms with Crippen molar-refractivity contribution in [2.24, 2.45) is 16.6 Å². The Morgan fingerprint density at radius 1 is 1.37 bits per heavy atom. The molecular weight excluding hydrogens is 477 g/mol. The molecule has 2 aromatic rings. The second-order valence-corrected chi connectivity index (χ2v) is 10.5. The van der Waals surface area contributed by atoms with Crippen molar-refractivity contribution in [3.8, 4) is 6.07 Å². The van der Waals surface area contributed by atoms with Crippen LogP contribution in [-0.4, -0.2) is 50.0 Å². The summed E-state index contributed by atoms with van der Waals surface area (Å²) in [5.74, 6) is -2.06. The van der Waals surface area contributed by atoms with E-state index in [1.165, 1.54) is 35.5 Å². The van der Waals surface area contributed by atoms with Crippen LogP contribution in [0.15, 0.2) is 35.6 Å². The van der Waals surface area contributed by atoms with Crippen molar-refractivity contribution < 1.29 is 18.0 Å². The summed E-state index contributed by atoms with van der Waals surface area (Å²) in [6.07, 6.45) is 3.26. The summed E-state index contributed by atoms with van der Waals surface area (Å²) in [7, 11) is 0. The first-order chi connectivity index (χ1) is 16.7. The molecule has 180 valence electrons. The van der Waals surface area contributed by atoms with Crippen LogP contribution >= 0.6 is 11.8 Å². The Morgan fingerprint density at radius 2 is 2.17 bits per heavy atom. The minimum atomic E-state index is -1.20. The Kier molecular flexibility index (Phi) is 5.59. The molecule has 1 saturated carbocycles. The lowest BCUT2D eigenvalue weighted by atomic mass is 9.86. The van der Waals surface area contributed by atoms with Gasteiger partial charge in [0.15, 0.2) is 5.17 Å². The van der Waals surface area contributed by atoms with Gasteiger partial charge >= 0.3 is 0 Å². The molecule has 1 saturated heterocycles. The molecule has 0 unspecified atom stereocenters. The van der Waals surface area contributed by atoms with Gasteiger partial charge in [-0.15, -0.1) is 0 Å². The number of hydrogen-bond donors (Lipinski definition) is 1. The average Bonchev–Trinajstić information content (AvgIpc) is 3.44. The van der Waals surface area contributed by atoms with Gasteiger partial charge in [-0.25, -0.2) is 13.8 Å². The molecule has 1 aliphatic carbocycles. The number of rotatable bonds is 4. The van der Waals surface area contributed by atoms with E-state index in [0.29, 0.717) is 24.9 Å².